The molecule has 3 rings (SSSR count). The summed E-state index contributed by atoms with van der Waals surface area (Å²) in [6.07, 6.45) is 0. The van der Waals surface area contributed by atoms with Gasteiger partial charge in [0, 0.05) is 34.5 Å². The Kier molecular flexibility index (Phi) is 3.97. The van der Waals surface area contributed by atoms with Gasteiger partial charge in [-0.1, -0.05) is 22.9 Å². The molecule has 0 bridgehead atoms. The second-order valence-corrected chi connectivity index (χ2v) is 6.78. The second kappa shape index (κ2) is 5.81. The lowest BCUT2D eigenvalue weighted by Gasteiger charge is -2.17. The normalized spacial score (nSPS) is 20.9. The molecule has 2 N–H and O–H groups in total. The van der Waals surface area contributed by atoms with Crippen LogP contribution in [0.5, 0.6) is 0 Å². The Bertz CT molecular complexity index is 861. The molecule has 1 aliphatic rings. The average molecular weight is 379 g/mol. The number of nitrogens with zero attached hydrogens (tertiary/aromatic N) is 1. The van der Waals surface area contributed by atoms with Crippen LogP contribution in [-0.2, 0) is 4.79 Å². The van der Waals surface area contributed by atoms with Gasteiger partial charge in [-0.05, 0) is 24.1 Å². The number of likely N-dealkylation sites (tertiary alicyclic amines) is 1. The van der Waals surface area contributed by atoms with Crippen LogP contribution in [0.2, 0.25) is 0 Å². The molecule has 1 fully saturated rings. The van der Waals surface area contributed by atoms with E-state index in [1.165, 1.54) is 11.0 Å². The van der Waals surface area contributed by atoms with Crippen LogP contribution in [0.15, 0.2) is 33.5 Å². The number of aromatic amines is 1. The Morgan fingerprint density at radius 2 is 2.04 bits per heavy atom. The summed E-state index contributed by atoms with van der Waals surface area (Å²) in [5, 5.41) is 9.84. The number of H-pyrrole nitrogens is 1. The summed E-state index contributed by atoms with van der Waals surface area (Å²) < 4.78 is 0.796. The van der Waals surface area contributed by atoms with Crippen molar-refractivity contribution in [2.75, 3.05) is 13.1 Å². The molecule has 0 unspecified atom stereocenters. The number of pyridine rings is 1. The van der Waals surface area contributed by atoms with Crippen molar-refractivity contribution in [2.24, 2.45) is 11.8 Å². The fraction of sp³-hybridized carbons (Fsp3) is 0.312. The van der Waals surface area contributed by atoms with Gasteiger partial charge in [0.25, 0.3) is 5.91 Å². The number of aliphatic carboxylic acids is 1. The maximum Gasteiger partial charge on any atom is 0.308 e. The summed E-state index contributed by atoms with van der Waals surface area (Å²) in [7, 11) is 0. The fourth-order valence-corrected chi connectivity index (χ4v) is 3.39. The average Bonchev–Trinajstić information content (AvgIpc) is 2.88. The van der Waals surface area contributed by atoms with E-state index >= 15 is 0 Å². The monoisotopic (exact) mass is 378 g/mol. The molecule has 2 atom stereocenters. The number of carboxylic acid groups (broad SMARTS) is 1. The summed E-state index contributed by atoms with van der Waals surface area (Å²) >= 11 is 3.36. The van der Waals surface area contributed by atoms with E-state index in [9.17, 15) is 19.5 Å². The molecule has 6 nitrogen and oxygen atoms in total. The number of nitrogens with one attached hydrogen (secondary N) is 1. The molecule has 120 valence electrons. The van der Waals surface area contributed by atoms with Gasteiger partial charge in [-0.2, -0.15) is 0 Å². The number of halogens is 1. The molecular formula is C16H15BrN2O4. The van der Waals surface area contributed by atoms with Crippen LogP contribution in [-0.4, -0.2) is 40.0 Å². The number of carbonyl (C=O) groups is 2. The molecule has 1 aromatic carbocycles. The third-order valence-corrected chi connectivity index (χ3v) is 4.75. The molecule has 0 spiro atoms. The Hall–Kier alpha value is -2.15. The molecule has 1 aliphatic heterocycles. The van der Waals surface area contributed by atoms with Gasteiger partial charge in [0.05, 0.1) is 11.5 Å². The Balaban J connectivity index is 2.03. The molecule has 0 saturated carbocycles. The minimum atomic E-state index is -0.897. The van der Waals surface area contributed by atoms with E-state index in [0.29, 0.717) is 23.0 Å². The number of carbonyl (C=O) groups excluding carboxylic acids is 1. The van der Waals surface area contributed by atoms with E-state index in [2.05, 4.69) is 20.9 Å². The van der Waals surface area contributed by atoms with Crippen LogP contribution in [0, 0.1) is 11.8 Å². The predicted molar refractivity (Wildman–Crippen MR) is 88.5 cm³/mol. The van der Waals surface area contributed by atoms with Crippen molar-refractivity contribution in [3.8, 4) is 0 Å². The molecule has 0 aliphatic carbocycles. The first kappa shape index (κ1) is 15.7. The zero-order valence-electron chi connectivity index (χ0n) is 12.4. The van der Waals surface area contributed by atoms with E-state index in [0.717, 1.165) is 4.47 Å². The van der Waals surface area contributed by atoms with Gasteiger partial charge in [-0.25, -0.2) is 0 Å². The third kappa shape index (κ3) is 2.88. The highest BCUT2D eigenvalue weighted by Crippen LogP contribution is 2.27. The van der Waals surface area contributed by atoms with Crippen LogP contribution in [0.4, 0.5) is 0 Å². The summed E-state index contributed by atoms with van der Waals surface area (Å²) in [4.78, 5) is 40.1. The number of carboxylic acids is 1. The van der Waals surface area contributed by atoms with Gasteiger partial charge in [0.15, 0.2) is 0 Å². The van der Waals surface area contributed by atoms with Crippen LogP contribution < -0.4 is 5.56 Å². The number of fused-ring (bicyclic) bond motifs is 1. The van der Waals surface area contributed by atoms with Gasteiger partial charge in [-0.15, -0.1) is 0 Å². The quantitative estimate of drug-likeness (QED) is 0.836. The summed E-state index contributed by atoms with van der Waals surface area (Å²) in [6.45, 7) is 2.36. The number of benzene rings is 1. The molecule has 1 saturated heterocycles. The number of aromatic nitrogens is 1. The maximum atomic E-state index is 12.8. The molecular weight excluding hydrogens is 364 g/mol. The second-order valence-electron chi connectivity index (χ2n) is 5.87. The summed E-state index contributed by atoms with van der Waals surface area (Å²) in [5.74, 6) is -1.89. The minimum Gasteiger partial charge on any atom is -0.481 e. The van der Waals surface area contributed by atoms with Crippen molar-refractivity contribution in [3.63, 3.8) is 0 Å². The van der Waals surface area contributed by atoms with Crippen molar-refractivity contribution in [1.82, 2.24) is 9.88 Å². The minimum absolute atomic E-state index is 0.114. The van der Waals surface area contributed by atoms with E-state index in [1.807, 2.05) is 6.92 Å². The van der Waals surface area contributed by atoms with Gasteiger partial charge in [0.1, 0.15) is 0 Å². The van der Waals surface area contributed by atoms with Gasteiger partial charge in [0.2, 0.25) is 5.56 Å². The van der Waals surface area contributed by atoms with Crippen molar-refractivity contribution in [2.45, 2.75) is 6.92 Å². The zero-order valence-corrected chi connectivity index (χ0v) is 14.0. The van der Waals surface area contributed by atoms with Gasteiger partial charge in [-0.3, -0.25) is 14.4 Å². The highest BCUT2D eigenvalue weighted by molar-refractivity contribution is 9.10. The predicted octanol–water partition coefficient (Wildman–Crippen LogP) is 2.08. The van der Waals surface area contributed by atoms with Crippen LogP contribution in [0.3, 0.4) is 0 Å². The largest absolute Gasteiger partial charge is 0.481 e. The highest BCUT2D eigenvalue weighted by atomic mass is 79.9. The Labute approximate surface area is 140 Å². The SMILES string of the molecule is C[C@@H]1CN(C(=O)c2cc(=O)[nH]c3ccc(Br)cc23)C[C@H]1C(=O)O. The number of amides is 1. The first-order valence-electron chi connectivity index (χ1n) is 7.21. The summed E-state index contributed by atoms with van der Waals surface area (Å²) in [5.41, 5.74) is 0.513. The van der Waals surface area contributed by atoms with E-state index in [1.54, 1.807) is 18.2 Å². The standard InChI is InChI=1S/C16H15BrN2O4/c1-8-6-19(7-12(8)16(22)23)15(21)11-5-14(20)18-13-3-2-9(17)4-10(11)13/h2-5,8,12H,6-7H2,1H3,(H,18,20)(H,22,23)/t8-,12-/m1/s1. The molecule has 0 radical (unpaired) electrons. The van der Waals surface area contributed by atoms with Crippen molar-refractivity contribution in [1.29, 1.82) is 0 Å². The van der Waals surface area contributed by atoms with Crippen molar-refractivity contribution in [3.05, 3.63) is 44.7 Å². The lowest BCUT2D eigenvalue weighted by atomic mass is 9.99. The molecule has 23 heavy (non-hydrogen) atoms. The smallest absolute Gasteiger partial charge is 0.308 e. The van der Waals surface area contributed by atoms with Crippen molar-refractivity contribution >= 4 is 38.7 Å². The number of rotatable bonds is 2. The van der Waals surface area contributed by atoms with Crippen LogP contribution >= 0.6 is 15.9 Å². The van der Waals surface area contributed by atoms with Gasteiger partial charge < -0.3 is 15.0 Å². The first-order valence-corrected chi connectivity index (χ1v) is 8.01. The topological polar surface area (TPSA) is 90.5 Å². The molecule has 2 heterocycles. The Morgan fingerprint density at radius 3 is 2.70 bits per heavy atom. The van der Waals surface area contributed by atoms with E-state index < -0.39 is 11.9 Å². The lowest BCUT2D eigenvalue weighted by molar-refractivity contribution is -0.142. The fourth-order valence-electron chi connectivity index (χ4n) is 3.03. The van der Waals surface area contributed by atoms with E-state index in [-0.39, 0.29) is 23.9 Å². The zero-order chi connectivity index (χ0) is 16.7. The molecule has 7 heteroatoms. The molecule has 1 amide bonds. The Morgan fingerprint density at radius 1 is 1.30 bits per heavy atom. The van der Waals surface area contributed by atoms with Crippen LogP contribution in [0.25, 0.3) is 10.9 Å². The maximum absolute atomic E-state index is 12.8. The first-order chi connectivity index (χ1) is 10.9. The molecule has 1 aromatic heterocycles. The van der Waals surface area contributed by atoms with E-state index in [4.69, 9.17) is 0 Å². The van der Waals surface area contributed by atoms with Crippen LogP contribution in [0.1, 0.15) is 17.3 Å². The highest BCUT2D eigenvalue weighted by Gasteiger charge is 2.37. The lowest BCUT2D eigenvalue weighted by Crippen LogP contribution is -2.31. The molecule has 2 aromatic rings. The summed E-state index contributed by atoms with van der Waals surface area (Å²) in [6, 6.07) is 6.55. The van der Waals surface area contributed by atoms with Crippen molar-refractivity contribution < 1.29 is 14.7 Å². The number of hydrogen-bond acceptors (Lipinski definition) is 3. The van der Waals surface area contributed by atoms with Gasteiger partial charge >= 0.3 is 5.97 Å². The third-order valence-electron chi connectivity index (χ3n) is 4.25. The number of hydrogen-bond donors (Lipinski definition) is 2.